The molecule has 3 rings (SSSR count). The van der Waals surface area contributed by atoms with Crippen molar-refractivity contribution in [3.05, 3.63) is 23.8 Å². The van der Waals surface area contributed by atoms with Crippen molar-refractivity contribution in [2.24, 2.45) is 0 Å². The lowest BCUT2D eigenvalue weighted by Gasteiger charge is -2.18. The molecule has 0 aliphatic carbocycles. The fourth-order valence-electron chi connectivity index (χ4n) is 2.74. The molecule has 0 saturated carbocycles. The van der Waals surface area contributed by atoms with E-state index in [1.54, 1.807) is 18.2 Å². The minimum atomic E-state index is -3.07. The zero-order valence-electron chi connectivity index (χ0n) is 13.5. The summed E-state index contributed by atoms with van der Waals surface area (Å²) in [5.74, 6) is 0.167. The van der Waals surface area contributed by atoms with Gasteiger partial charge in [0.25, 0.3) is 5.91 Å². The minimum absolute atomic E-state index is 0.00171. The number of hydrogen-bond acceptors (Lipinski definition) is 7. The Balaban J connectivity index is 1.44. The maximum absolute atomic E-state index is 11.9. The fourth-order valence-corrected chi connectivity index (χ4v) is 4.41. The lowest BCUT2D eigenvalue weighted by Crippen LogP contribution is -2.38. The molecule has 25 heavy (non-hydrogen) atoms. The van der Waals surface area contributed by atoms with Crippen LogP contribution in [0.2, 0.25) is 0 Å². The summed E-state index contributed by atoms with van der Waals surface area (Å²) in [6, 6.07) is 4.76. The highest BCUT2D eigenvalue weighted by atomic mass is 32.2. The monoisotopic (exact) mass is 369 g/mol. The van der Waals surface area contributed by atoms with Crippen molar-refractivity contribution in [1.82, 2.24) is 5.32 Å². The third kappa shape index (κ3) is 4.85. The fraction of sp³-hybridized carbons (Fsp3) is 0.500. The lowest BCUT2D eigenvalue weighted by molar-refractivity contribution is -0.148. The van der Waals surface area contributed by atoms with Crippen LogP contribution < -0.4 is 14.8 Å². The summed E-state index contributed by atoms with van der Waals surface area (Å²) in [5, 5.41) is 2.56. The molecule has 1 saturated heterocycles. The minimum Gasteiger partial charge on any atom is -0.486 e. The van der Waals surface area contributed by atoms with Crippen LogP contribution in [0.1, 0.15) is 12.0 Å². The second-order valence-corrected chi connectivity index (χ2v) is 8.21. The van der Waals surface area contributed by atoms with Gasteiger partial charge in [-0.1, -0.05) is 6.07 Å². The summed E-state index contributed by atoms with van der Waals surface area (Å²) in [4.78, 5) is 23.6. The van der Waals surface area contributed by atoms with E-state index in [1.807, 2.05) is 0 Å². The Bertz CT molecular complexity index is 775. The Labute approximate surface area is 145 Å². The first kappa shape index (κ1) is 17.5. The second kappa shape index (κ2) is 7.30. The average molecular weight is 369 g/mol. The molecule has 1 amide bonds. The molecule has 8 nitrogen and oxygen atoms in total. The maximum Gasteiger partial charge on any atom is 0.310 e. The van der Waals surface area contributed by atoms with E-state index < -0.39 is 34.4 Å². The molecular formula is C16H19NO7S. The normalized spacial score (nSPS) is 20.7. The van der Waals surface area contributed by atoms with E-state index >= 15 is 0 Å². The number of esters is 1. The number of hydrogen-bond donors (Lipinski definition) is 1. The Morgan fingerprint density at radius 1 is 1.20 bits per heavy atom. The molecule has 1 N–H and O–H groups in total. The van der Waals surface area contributed by atoms with E-state index in [0.717, 1.165) is 0 Å². The van der Waals surface area contributed by atoms with Crippen LogP contribution in [0.15, 0.2) is 18.2 Å². The summed E-state index contributed by atoms with van der Waals surface area (Å²) in [6.07, 6.45) is 0.390. The zero-order valence-corrected chi connectivity index (χ0v) is 14.3. The molecule has 0 aromatic heterocycles. The van der Waals surface area contributed by atoms with Gasteiger partial charge in [-0.15, -0.1) is 0 Å². The van der Waals surface area contributed by atoms with Crippen molar-refractivity contribution in [2.75, 3.05) is 31.3 Å². The van der Waals surface area contributed by atoms with E-state index in [9.17, 15) is 18.0 Å². The van der Waals surface area contributed by atoms with E-state index in [1.165, 1.54) is 0 Å². The van der Waals surface area contributed by atoms with Crippen LogP contribution in [-0.2, 0) is 30.6 Å². The Morgan fingerprint density at radius 3 is 2.68 bits per heavy atom. The molecule has 2 aliphatic heterocycles. The number of carbonyl (C=O) groups excluding carboxylic acids is 2. The van der Waals surface area contributed by atoms with Crippen LogP contribution in [0.3, 0.4) is 0 Å². The third-order valence-electron chi connectivity index (χ3n) is 3.92. The molecule has 0 bridgehead atoms. The number of sulfone groups is 1. The highest BCUT2D eigenvalue weighted by Crippen LogP contribution is 2.30. The topological polar surface area (TPSA) is 108 Å². The SMILES string of the molecule is O=C(COC(=O)Cc1ccc2c(c1)OCCO2)N[C@H]1CCS(=O)(=O)C1. The van der Waals surface area contributed by atoms with Crippen molar-refractivity contribution in [2.45, 2.75) is 18.9 Å². The van der Waals surface area contributed by atoms with E-state index in [4.69, 9.17) is 14.2 Å². The molecule has 2 heterocycles. The number of nitrogens with one attached hydrogen (secondary N) is 1. The molecule has 1 fully saturated rings. The molecule has 0 spiro atoms. The van der Waals surface area contributed by atoms with Gasteiger partial charge in [0.1, 0.15) is 13.2 Å². The van der Waals surface area contributed by atoms with Crippen LogP contribution in [0.4, 0.5) is 0 Å². The largest absolute Gasteiger partial charge is 0.486 e. The van der Waals surface area contributed by atoms with E-state index in [0.29, 0.717) is 36.7 Å². The smallest absolute Gasteiger partial charge is 0.310 e. The average Bonchev–Trinajstić information content (AvgIpc) is 2.91. The molecule has 2 aliphatic rings. The molecule has 1 atom stereocenters. The number of carbonyl (C=O) groups is 2. The molecule has 1 aromatic rings. The van der Waals surface area contributed by atoms with Gasteiger partial charge in [0, 0.05) is 6.04 Å². The van der Waals surface area contributed by atoms with Gasteiger partial charge in [-0.25, -0.2) is 8.42 Å². The second-order valence-electron chi connectivity index (χ2n) is 5.98. The van der Waals surface area contributed by atoms with Gasteiger partial charge in [0.05, 0.1) is 17.9 Å². The first-order valence-electron chi connectivity index (χ1n) is 7.95. The Hall–Kier alpha value is -2.29. The molecular weight excluding hydrogens is 350 g/mol. The summed E-state index contributed by atoms with van der Waals surface area (Å²) in [6.45, 7) is 0.518. The molecule has 136 valence electrons. The summed E-state index contributed by atoms with van der Waals surface area (Å²) < 4.78 is 38.5. The molecule has 9 heteroatoms. The third-order valence-corrected chi connectivity index (χ3v) is 5.68. The summed E-state index contributed by atoms with van der Waals surface area (Å²) in [5.41, 5.74) is 0.691. The van der Waals surface area contributed by atoms with Gasteiger partial charge in [-0.2, -0.15) is 0 Å². The summed E-state index contributed by atoms with van der Waals surface area (Å²) >= 11 is 0. The van der Waals surface area contributed by atoms with Crippen molar-refractivity contribution < 1.29 is 32.2 Å². The predicted molar refractivity (Wildman–Crippen MR) is 87.3 cm³/mol. The lowest BCUT2D eigenvalue weighted by atomic mass is 10.1. The molecule has 0 unspecified atom stereocenters. The van der Waals surface area contributed by atoms with Gasteiger partial charge in [0.2, 0.25) is 0 Å². The Kier molecular flexibility index (Phi) is 5.12. The van der Waals surface area contributed by atoms with E-state index in [2.05, 4.69) is 5.32 Å². The van der Waals surface area contributed by atoms with Crippen molar-refractivity contribution in [3.63, 3.8) is 0 Å². The first-order valence-corrected chi connectivity index (χ1v) is 9.77. The highest BCUT2D eigenvalue weighted by Gasteiger charge is 2.29. The van der Waals surface area contributed by atoms with Crippen LogP contribution in [0.5, 0.6) is 11.5 Å². The van der Waals surface area contributed by atoms with Crippen molar-refractivity contribution in [1.29, 1.82) is 0 Å². The van der Waals surface area contributed by atoms with Crippen LogP contribution >= 0.6 is 0 Å². The van der Waals surface area contributed by atoms with Crippen LogP contribution in [0, 0.1) is 0 Å². The first-order chi connectivity index (χ1) is 11.9. The Morgan fingerprint density at radius 2 is 1.96 bits per heavy atom. The summed E-state index contributed by atoms with van der Waals surface area (Å²) in [7, 11) is -3.07. The predicted octanol–water partition coefficient (Wildman–Crippen LogP) is -0.153. The number of ether oxygens (including phenoxy) is 3. The number of amides is 1. The van der Waals surface area contributed by atoms with Crippen molar-refractivity contribution in [3.8, 4) is 11.5 Å². The van der Waals surface area contributed by atoms with Crippen molar-refractivity contribution >= 4 is 21.7 Å². The highest BCUT2D eigenvalue weighted by molar-refractivity contribution is 7.91. The number of fused-ring (bicyclic) bond motifs is 1. The van der Waals surface area contributed by atoms with Gasteiger partial charge in [-0.3, -0.25) is 9.59 Å². The van der Waals surface area contributed by atoms with Crippen LogP contribution in [0.25, 0.3) is 0 Å². The quantitative estimate of drug-likeness (QED) is 0.719. The standard InChI is InChI=1S/C16H19NO7S/c18-15(17-12-3-6-25(20,21)10-12)9-24-16(19)8-11-1-2-13-14(7-11)23-5-4-22-13/h1-2,7,12H,3-6,8-10H2,(H,17,18)/t12-/m0/s1. The molecule has 0 radical (unpaired) electrons. The van der Waals surface area contributed by atoms with Gasteiger partial charge < -0.3 is 19.5 Å². The number of rotatable bonds is 5. The van der Waals surface area contributed by atoms with Gasteiger partial charge in [-0.05, 0) is 24.1 Å². The van der Waals surface area contributed by atoms with Gasteiger partial charge in [0.15, 0.2) is 27.9 Å². The van der Waals surface area contributed by atoms with E-state index in [-0.39, 0.29) is 17.9 Å². The van der Waals surface area contributed by atoms with Gasteiger partial charge >= 0.3 is 5.97 Å². The maximum atomic E-state index is 11.9. The molecule has 1 aromatic carbocycles. The number of benzene rings is 1. The zero-order chi connectivity index (χ0) is 17.9. The van der Waals surface area contributed by atoms with Crippen LogP contribution in [-0.4, -0.2) is 57.7 Å².